The van der Waals surface area contributed by atoms with E-state index in [9.17, 15) is 29.0 Å². The van der Waals surface area contributed by atoms with E-state index in [4.69, 9.17) is 27.9 Å². The van der Waals surface area contributed by atoms with Gasteiger partial charge in [0.05, 0.1) is 23.1 Å². The molecule has 0 unspecified atom stereocenters. The summed E-state index contributed by atoms with van der Waals surface area (Å²) in [5.74, 6) is -2.17. The van der Waals surface area contributed by atoms with E-state index in [1.807, 2.05) is 0 Å². The third kappa shape index (κ3) is 4.38. The predicted molar refractivity (Wildman–Crippen MR) is 84.6 cm³/mol. The molecule has 0 fully saturated rings. The second-order valence-corrected chi connectivity index (χ2v) is 5.61. The monoisotopic (exact) mass is 392 g/mol. The van der Waals surface area contributed by atoms with Crippen LogP contribution in [0.2, 0.25) is 10.0 Å². The lowest BCUT2D eigenvalue weighted by Gasteiger charge is -2.08. The Labute approximate surface area is 149 Å². The molecule has 0 atom stereocenters. The van der Waals surface area contributed by atoms with E-state index in [1.54, 1.807) is 0 Å². The maximum absolute atomic E-state index is 13.4. The lowest BCUT2D eigenvalue weighted by atomic mass is 10.2. The minimum absolute atomic E-state index is 0.0840. The molecule has 2 aromatic rings. The fourth-order valence-electron chi connectivity index (χ4n) is 1.93. The molecule has 132 valence electrons. The first-order valence-corrected chi connectivity index (χ1v) is 7.28. The Kier molecular flexibility index (Phi) is 5.83. The number of ether oxygens (including phenoxy) is 1. The third-order valence-electron chi connectivity index (χ3n) is 3.14. The molecule has 25 heavy (non-hydrogen) atoms. The lowest BCUT2D eigenvalue weighted by molar-refractivity contribution is -0.387. The molecule has 7 nitrogen and oxygen atoms in total. The second kappa shape index (κ2) is 7.68. The van der Waals surface area contributed by atoms with Gasteiger partial charge in [-0.25, -0.2) is 0 Å². The number of halogens is 4. The minimum atomic E-state index is -1.09. The van der Waals surface area contributed by atoms with Gasteiger partial charge in [-0.2, -0.15) is 8.78 Å². The first-order valence-electron chi connectivity index (χ1n) is 6.53. The van der Waals surface area contributed by atoms with Crippen molar-refractivity contribution in [1.82, 2.24) is 0 Å². The summed E-state index contributed by atoms with van der Waals surface area (Å²) in [7, 11) is 0. The zero-order valence-electron chi connectivity index (χ0n) is 12.2. The van der Waals surface area contributed by atoms with E-state index < -0.39 is 32.9 Å². The third-order valence-corrected chi connectivity index (χ3v) is 3.84. The van der Waals surface area contributed by atoms with Crippen LogP contribution in [0.5, 0.6) is 0 Å². The molecule has 2 rings (SSSR count). The molecule has 0 aromatic heterocycles. The largest absolute Gasteiger partial charge is 0.372 e. The number of rotatable bonds is 6. The van der Waals surface area contributed by atoms with Crippen LogP contribution in [-0.4, -0.2) is 9.85 Å². The summed E-state index contributed by atoms with van der Waals surface area (Å²) in [6.07, 6.45) is 0. The predicted octanol–water partition coefficient (Wildman–Crippen LogP) is 4.80. The zero-order chi connectivity index (χ0) is 18.7. The van der Waals surface area contributed by atoms with Crippen LogP contribution in [0.25, 0.3) is 0 Å². The highest BCUT2D eigenvalue weighted by atomic mass is 35.5. The number of hydrogen-bond acceptors (Lipinski definition) is 5. The molecule has 0 aliphatic rings. The number of hydrogen-bond donors (Lipinski definition) is 0. The first-order chi connectivity index (χ1) is 11.7. The molecule has 0 N–H and O–H groups in total. The van der Waals surface area contributed by atoms with Crippen LogP contribution >= 0.6 is 23.2 Å². The Morgan fingerprint density at radius 2 is 1.20 bits per heavy atom. The van der Waals surface area contributed by atoms with E-state index in [1.165, 1.54) is 0 Å². The minimum Gasteiger partial charge on any atom is -0.372 e. The molecule has 0 heterocycles. The molecule has 0 aliphatic carbocycles. The van der Waals surface area contributed by atoms with Gasteiger partial charge in [0.15, 0.2) is 0 Å². The molecule has 0 saturated heterocycles. The van der Waals surface area contributed by atoms with E-state index in [0.29, 0.717) is 0 Å². The van der Waals surface area contributed by atoms with Crippen molar-refractivity contribution in [2.75, 3.05) is 0 Å². The van der Waals surface area contributed by atoms with Gasteiger partial charge in [-0.15, -0.1) is 0 Å². The highest BCUT2D eigenvalue weighted by molar-refractivity contribution is 6.31. The zero-order valence-corrected chi connectivity index (χ0v) is 13.7. The van der Waals surface area contributed by atoms with Crippen molar-refractivity contribution in [3.8, 4) is 0 Å². The average molecular weight is 393 g/mol. The van der Waals surface area contributed by atoms with Crippen LogP contribution < -0.4 is 0 Å². The Bertz CT molecular complexity index is 794. The maximum atomic E-state index is 13.4. The second-order valence-electron chi connectivity index (χ2n) is 4.80. The summed E-state index contributed by atoms with van der Waals surface area (Å²) in [6, 6.07) is 3.42. The summed E-state index contributed by atoms with van der Waals surface area (Å²) >= 11 is 11.6. The van der Waals surface area contributed by atoms with E-state index >= 15 is 0 Å². The highest BCUT2D eigenvalue weighted by Crippen LogP contribution is 2.29. The molecular formula is C14H8Cl2F2N2O5. The van der Waals surface area contributed by atoms with E-state index in [2.05, 4.69) is 0 Å². The van der Waals surface area contributed by atoms with Crippen molar-refractivity contribution in [2.24, 2.45) is 0 Å². The number of nitro benzene ring substituents is 2. The summed E-state index contributed by atoms with van der Waals surface area (Å²) in [6.45, 7) is -0.497. The smallest absolute Gasteiger partial charge is 0.305 e. The number of nitrogens with zero attached hydrogens (tertiary/aromatic N) is 2. The van der Waals surface area contributed by atoms with Gasteiger partial charge < -0.3 is 4.74 Å². The number of benzene rings is 2. The van der Waals surface area contributed by atoms with Crippen LogP contribution in [0.3, 0.4) is 0 Å². The molecule has 11 heteroatoms. The summed E-state index contributed by atoms with van der Waals surface area (Å²) in [5, 5.41) is 21.3. The standard InChI is InChI=1S/C14H8Cl2F2N2O5/c15-9-3-11(17)13(19(21)22)1-7(9)5-25-6-8-2-14(20(23)24)12(18)4-10(8)16/h1-4H,5-6H2. The van der Waals surface area contributed by atoms with E-state index in [0.717, 1.165) is 24.3 Å². The molecule has 0 aliphatic heterocycles. The van der Waals surface area contributed by atoms with E-state index in [-0.39, 0.29) is 34.4 Å². The molecule has 0 amide bonds. The van der Waals surface area contributed by atoms with Crippen molar-refractivity contribution in [3.63, 3.8) is 0 Å². The van der Waals surface area contributed by atoms with Gasteiger partial charge in [-0.3, -0.25) is 20.2 Å². The number of nitro groups is 2. The fourth-order valence-corrected chi connectivity index (χ4v) is 2.34. The van der Waals surface area contributed by atoms with Crippen LogP contribution in [0.15, 0.2) is 24.3 Å². The Hall–Kier alpha value is -2.36. The summed E-state index contributed by atoms with van der Waals surface area (Å²) in [4.78, 5) is 19.6. The normalized spacial score (nSPS) is 10.7. The molecule has 2 aromatic carbocycles. The summed E-state index contributed by atoms with van der Waals surface area (Å²) < 4.78 is 32.0. The molecule has 0 saturated carbocycles. The Balaban J connectivity index is 2.16. The molecule has 0 bridgehead atoms. The van der Waals surface area contributed by atoms with Crippen molar-refractivity contribution >= 4 is 34.6 Å². The highest BCUT2D eigenvalue weighted by Gasteiger charge is 2.19. The topological polar surface area (TPSA) is 95.5 Å². The van der Waals surface area contributed by atoms with Gasteiger partial charge in [0.1, 0.15) is 0 Å². The fraction of sp³-hybridized carbons (Fsp3) is 0.143. The van der Waals surface area contributed by atoms with Gasteiger partial charge in [0.2, 0.25) is 11.6 Å². The van der Waals surface area contributed by atoms with Gasteiger partial charge in [0.25, 0.3) is 0 Å². The lowest BCUT2D eigenvalue weighted by Crippen LogP contribution is -2.01. The van der Waals surface area contributed by atoms with Crippen molar-refractivity contribution in [3.05, 3.63) is 77.3 Å². The SMILES string of the molecule is O=[N+]([O-])c1cc(COCc2cc([N+](=O)[O-])c(F)cc2Cl)c(Cl)cc1F. The van der Waals surface area contributed by atoms with Crippen LogP contribution in [0.4, 0.5) is 20.2 Å². The van der Waals surface area contributed by atoms with Crippen LogP contribution in [0.1, 0.15) is 11.1 Å². The van der Waals surface area contributed by atoms with Crippen molar-refractivity contribution < 1.29 is 23.4 Å². The summed E-state index contributed by atoms with van der Waals surface area (Å²) in [5.41, 5.74) is -1.25. The van der Waals surface area contributed by atoms with Crippen molar-refractivity contribution in [1.29, 1.82) is 0 Å². The maximum Gasteiger partial charge on any atom is 0.305 e. The Morgan fingerprint density at radius 1 is 0.840 bits per heavy atom. The molecular weight excluding hydrogens is 385 g/mol. The van der Waals surface area contributed by atoms with Gasteiger partial charge in [0, 0.05) is 33.3 Å². The van der Waals surface area contributed by atoms with Gasteiger partial charge >= 0.3 is 11.4 Å². The molecule has 0 radical (unpaired) electrons. The van der Waals surface area contributed by atoms with Gasteiger partial charge in [-0.1, -0.05) is 23.2 Å². The van der Waals surface area contributed by atoms with Crippen LogP contribution in [-0.2, 0) is 18.0 Å². The van der Waals surface area contributed by atoms with Crippen molar-refractivity contribution in [2.45, 2.75) is 13.2 Å². The molecule has 0 spiro atoms. The first kappa shape index (κ1) is 19.0. The van der Waals surface area contributed by atoms with Crippen LogP contribution in [0, 0.1) is 31.9 Å². The van der Waals surface area contributed by atoms with Gasteiger partial charge in [-0.05, 0) is 12.1 Å². The average Bonchev–Trinajstić information content (AvgIpc) is 2.50. The quantitative estimate of drug-likeness (QED) is 0.519. The Morgan fingerprint density at radius 3 is 1.52 bits per heavy atom.